The molecule has 65 heavy (non-hydrogen) atoms. The van der Waals surface area contributed by atoms with Crippen molar-refractivity contribution in [2.45, 2.75) is 44.7 Å². The van der Waals surface area contributed by atoms with E-state index in [-0.39, 0.29) is 44.0 Å². The van der Waals surface area contributed by atoms with Crippen LogP contribution in [-0.2, 0) is 32.0 Å². The number of carbonyl (C=O) groups is 5. The van der Waals surface area contributed by atoms with Crippen molar-refractivity contribution in [1.29, 1.82) is 5.26 Å². The number of pyridine rings is 1. The van der Waals surface area contributed by atoms with Gasteiger partial charge in [-0.15, -0.1) is 0 Å². The first kappa shape index (κ1) is 46.9. The molecular formula is C49H53N9O7. The van der Waals surface area contributed by atoms with E-state index in [0.717, 1.165) is 30.4 Å². The first-order valence-electron chi connectivity index (χ1n) is 21.4. The number of nitrogens with two attached hydrogens (primary N) is 2. The molecule has 16 heteroatoms. The van der Waals surface area contributed by atoms with Gasteiger partial charge in [0.25, 0.3) is 5.91 Å². The van der Waals surface area contributed by atoms with Crippen LogP contribution in [0.3, 0.4) is 0 Å². The van der Waals surface area contributed by atoms with Crippen molar-refractivity contribution in [3.63, 3.8) is 0 Å². The largest absolute Gasteiger partial charge is 0.492 e. The Morgan fingerprint density at radius 2 is 1.55 bits per heavy atom. The van der Waals surface area contributed by atoms with Gasteiger partial charge in [-0.05, 0) is 83.1 Å². The summed E-state index contributed by atoms with van der Waals surface area (Å²) in [5.74, 6) is -2.35. The highest BCUT2D eigenvalue weighted by Crippen LogP contribution is 2.40. The number of nitriles is 1. The van der Waals surface area contributed by atoms with Gasteiger partial charge in [0.05, 0.1) is 24.3 Å². The maximum atomic E-state index is 14.2. The maximum Gasteiger partial charge on any atom is 0.251 e. The van der Waals surface area contributed by atoms with Crippen LogP contribution in [0, 0.1) is 11.3 Å². The maximum absolute atomic E-state index is 14.2. The molecule has 2 atom stereocenters. The average molecular weight is 880 g/mol. The van der Waals surface area contributed by atoms with Crippen molar-refractivity contribution in [2.75, 3.05) is 51.8 Å². The lowest BCUT2D eigenvalue weighted by atomic mass is 9.93. The molecule has 1 aliphatic rings. The number of unbranched alkanes of at least 4 members (excludes halogenated alkanes) is 1. The zero-order valence-corrected chi connectivity index (χ0v) is 36.4. The van der Waals surface area contributed by atoms with Gasteiger partial charge in [-0.2, -0.15) is 5.26 Å². The minimum absolute atomic E-state index is 0.00987. The number of amides is 5. The minimum atomic E-state index is -1.32. The van der Waals surface area contributed by atoms with Gasteiger partial charge in [-0.1, -0.05) is 61.9 Å². The molecule has 2 heterocycles. The van der Waals surface area contributed by atoms with E-state index in [1.807, 2.05) is 18.2 Å². The number of nitrogens with zero attached hydrogens (tertiary/aromatic N) is 3. The fraction of sp³-hybridized carbons (Fsp3) is 0.286. The number of aromatic nitrogens is 1. The predicted octanol–water partition coefficient (Wildman–Crippen LogP) is 4.03. The van der Waals surface area contributed by atoms with E-state index in [2.05, 4.69) is 57.4 Å². The second-order valence-electron chi connectivity index (χ2n) is 15.4. The third-order valence-corrected chi connectivity index (χ3v) is 10.8. The van der Waals surface area contributed by atoms with Crippen molar-refractivity contribution in [2.24, 2.45) is 11.5 Å². The van der Waals surface area contributed by atoms with Crippen LogP contribution >= 0.6 is 0 Å². The summed E-state index contributed by atoms with van der Waals surface area (Å²) in [6.07, 6.45) is 5.99. The number of rotatable bonds is 16. The zero-order valence-electron chi connectivity index (χ0n) is 36.4. The van der Waals surface area contributed by atoms with E-state index in [1.54, 1.807) is 48.5 Å². The summed E-state index contributed by atoms with van der Waals surface area (Å²) in [5.41, 5.74) is 17.5. The molecule has 6 rings (SSSR count). The molecule has 1 aliphatic heterocycles. The van der Waals surface area contributed by atoms with Crippen LogP contribution in [0.5, 0.6) is 11.5 Å². The van der Waals surface area contributed by atoms with Gasteiger partial charge in [0.2, 0.25) is 23.6 Å². The lowest BCUT2D eigenvalue weighted by Crippen LogP contribution is -2.50. The normalized spacial score (nSPS) is 14.7. The predicted molar refractivity (Wildman–Crippen MR) is 246 cm³/mol. The lowest BCUT2D eigenvalue weighted by Gasteiger charge is -2.29. The summed E-state index contributed by atoms with van der Waals surface area (Å²) in [5, 5.41) is 20.3. The standard InChI is InChI=1S/C49H53N9O7/c1-3-4-5-31-6-9-33(10-7-31)34-11-13-35(14-12-34)47(61)55-30-45(60)58(2)46-36-15-17-43(65-23-20-51)39(26-36)38-24-32(8-16-42(38)64-22-19-50)25-41(56-44(59)29-54-49(46)63)48(62)57-40-18-21-53-28-37(40)27-52/h6-18,21,24,26,28,41,46H,3-5,19-20,22-23,25,29-30,50-51H2,1-2H3,(H,54,63)(H,55,61)(H,56,59)(H,53,57,62). The number of likely N-dealkylation sites (N-methyl/N-ethyl adjacent to an activating group) is 1. The number of fused-ring (bicyclic) bond motifs is 5. The minimum Gasteiger partial charge on any atom is -0.492 e. The van der Waals surface area contributed by atoms with Crippen molar-refractivity contribution in [3.8, 4) is 39.8 Å². The quantitative estimate of drug-likeness (QED) is 0.0827. The van der Waals surface area contributed by atoms with Crippen molar-refractivity contribution in [3.05, 3.63) is 131 Å². The number of anilines is 1. The van der Waals surface area contributed by atoms with Crippen LogP contribution < -0.4 is 42.2 Å². The van der Waals surface area contributed by atoms with Gasteiger partial charge >= 0.3 is 0 Å². The Morgan fingerprint density at radius 3 is 2.22 bits per heavy atom. The average Bonchev–Trinajstić information content (AvgIpc) is 3.33. The molecule has 5 aromatic rings. The van der Waals surface area contributed by atoms with E-state index in [9.17, 15) is 29.2 Å². The van der Waals surface area contributed by atoms with Gasteiger partial charge in [0.15, 0.2) is 0 Å². The van der Waals surface area contributed by atoms with Crippen LogP contribution in [0.15, 0.2) is 103 Å². The molecule has 0 fully saturated rings. The molecule has 0 aliphatic carbocycles. The van der Waals surface area contributed by atoms with Crippen molar-refractivity contribution in [1.82, 2.24) is 25.8 Å². The van der Waals surface area contributed by atoms with Gasteiger partial charge in [0.1, 0.15) is 42.9 Å². The molecule has 0 radical (unpaired) electrons. The van der Waals surface area contributed by atoms with Gasteiger partial charge in [0, 0.05) is 55.6 Å². The molecule has 16 nitrogen and oxygen atoms in total. The molecule has 1 aromatic heterocycles. The molecule has 0 spiro atoms. The Labute approximate surface area is 377 Å². The summed E-state index contributed by atoms with van der Waals surface area (Å²) in [7, 11) is 1.42. The second kappa shape index (κ2) is 22.7. The van der Waals surface area contributed by atoms with Crippen molar-refractivity contribution < 1.29 is 33.4 Å². The number of benzene rings is 4. The van der Waals surface area contributed by atoms with Gasteiger partial charge < -0.3 is 47.1 Å². The summed E-state index contributed by atoms with van der Waals surface area (Å²) >= 11 is 0. The second-order valence-corrected chi connectivity index (χ2v) is 15.4. The van der Waals surface area contributed by atoms with Crippen LogP contribution in [0.2, 0.25) is 0 Å². The highest BCUT2D eigenvalue weighted by molar-refractivity contribution is 6.00. The first-order valence-corrected chi connectivity index (χ1v) is 21.4. The molecule has 336 valence electrons. The molecule has 5 amide bonds. The fourth-order valence-electron chi connectivity index (χ4n) is 7.34. The molecule has 0 saturated heterocycles. The molecule has 8 N–H and O–H groups in total. The van der Waals surface area contributed by atoms with E-state index in [1.165, 1.54) is 36.0 Å². The Balaban J connectivity index is 1.29. The van der Waals surface area contributed by atoms with Crippen LogP contribution in [0.1, 0.15) is 58.4 Å². The van der Waals surface area contributed by atoms with Crippen LogP contribution in [-0.4, -0.2) is 91.9 Å². The number of carbonyl (C=O) groups excluding carboxylic acids is 5. The molecule has 4 bridgehead atoms. The Morgan fingerprint density at radius 1 is 0.892 bits per heavy atom. The topological polar surface area (TPSA) is 244 Å². The molecule has 2 unspecified atom stereocenters. The zero-order chi connectivity index (χ0) is 46.3. The summed E-state index contributed by atoms with van der Waals surface area (Å²) in [6.45, 7) is 1.86. The van der Waals surface area contributed by atoms with Gasteiger partial charge in [-0.25, -0.2) is 0 Å². The highest BCUT2D eigenvalue weighted by Gasteiger charge is 2.32. The third-order valence-electron chi connectivity index (χ3n) is 10.8. The number of ether oxygens (including phenoxy) is 2. The van der Waals surface area contributed by atoms with Gasteiger partial charge in [-0.3, -0.25) is 29.0 Å². The van der Waals surface area contributed by atoms with E-state index >= 15 is 0 Å². The summed E-state index contributed by atoms with van der Waals surface area (Å²) in [6, 6.07) is 26.6. The Bertz CT molecular complexity index is 2540. The SMILES string of the molecule is CCCCc1ccc(-c2ccc(C(=O)NCC(=O)N(C)C3C(=O)NCC(=O)NC(C(=O)Nc4ccncc4C#N)Cc4ccc(OCCN)c(c4)-c4cc3ccc4OCCN)cc2)cc1. The van der Waals surface area contributed by atoms with Crippen LogP contribution in [0.25, 0.3) is 22.3 Å². The molecule has 4 aromatic carbocycles. The Hall–Kier alpha value is -7.61. The van der Waals surface area contributed by atoms with E-state index in [0.29, 0.717) is 39.3 Å². The lowest BCUT2D eigenvalue weighted by molar-refractivity contribution is -0.139. The van der Waals surface area contributed by atoms with E-state index in [4.69, 9.17) is 20.9 Å². The first-order chi connectivity index (χ1) is 31.5. The van der Waals surface area contributed by atoms with Crippen LogP contribution in [0.4, 0.5) is 5.69 Å². The monoisotopic (exact) mass is 879 g/mol. The van der Waals surface area contributed by atoms with Crippen molar-refractivity contribution >= 4 is 35.2 Å². The van der Waals surface area contributed by atoms with E-state index < -0.39 is 54.7 Å². The number of nitrogens with one attached hydrogen (secondary N) is 4. The summed E-state index contributed by atoms with van der Waals surface area (Å²) < 4.78 is 12.2. The highest BCUT2D eigenvalue weighted by atomic mass is 16.5. The smallest absolute Gasteiger partial charge is 0.251 e. The molecular weight excluding hydrogens is 827 g/mol. The number of aryl methyl sites for hydroxylation is 1. The molecule has 0 saturated carbocycles. The number of hydrogen-bond acceptors (Lipinski definition) is 11. The Kier molecular flexibility index (Phi) is 16.3. The number of hydrogen-bond donors (Lipinski definition) is 6. The summed E-state index contributed by atoms with van der Waals surface area (Å²) in [4.78, 5) is 74.0. The fourth-order valence-corrected chi connectivity index (χ4v) is 7.34. The third kappa shape index (κ3) is 12.1.